The van der Waals surface area contributed by atoms with Crippen LogP contribution in [0, 0.1) is 11.6 Å². The molecular formula is C18H22F2N4. The van der Waals surface area contributed by atoms with E-state index in [-0.39, 0.29) is 12.1 Å². The standard InChI is InChI=1S/C18H22F2N4/c1-23-7-9-24(10-8-23)18-6-5-14(12-22-18)11-21-13-15-16(19)3-2-4-17(15)20/h2-6,12,21H,7-11,13H2,1H3. The quantitative estimate of drug-likeness (QED) is 0.911. The monoisotopic (exact) mass is 332 g/mol. The summed E-state index contributed by atoms with van der Waals surface area (Å²) in [6.07, 6.45) is 1.82. The van der Waals surface area contributed by atoms with E-state index in [9.17, 15) is 8.78 Å². The van der Waals surface area contributed by atoms with Gasteiger partial charge in [-0.25, -0.2) is 13.8 Å². The molecule has 1 aromatic carbocycles. The summed E-state index contributed by atoms with van der Waals surface area (Å²) in [7, 11) is 2.12. The first-order chi connectivity index (χ1) is 11.6. The van der Waals surface area contributed by atoms with Gasteiger partial charge < -0.3 is 15.1 Å². The van der Waals surface area contributed by atoms with Crippen molar-refractivity contribution in [3.8, 4) is 0 Å². The second kappa shape index (κ2) is 7.68. The van der Waals surface area contributed by atoms with E-state index in [4.69, 9.17) is 0 Å². The fourth-order valence-electron chi connectivity index (χ4n) is 2.78. The number of hydrogen-bond donors (Lipinski definition) is 1. The Morgan fingerprint density at radius 3 is 2.33 bits per heavy atom. The summed E-state index contributed by atoms with van der Waals surface area (Å²) in [6.45, 7) is 4.71. The van der Waals surface area contributed by atoms with Crippen LogP contribution in [0.5, 0.6) is 0 Å². The normalized spacial score (nSPS) is 15.7. The smallest absolute Gasteiger partial charge is 0.130 e. The van der Waals surface area contributed by atoms with Crippen LogP contribution in [0.3, 0.4) is 0 Å². The number of piperazine rings is 1. The van der Waals surface area contributed by atoms with Crippen LogP contribution in [-0.2, 0) is 13.1 Å². The number of likely N-dealkylation sites (N-methyl/N-ethyl adjacent to an activating group) is 1. The number of anilines is 1. The van der Waals surface area contributed by atoms with Crippen molar-refractivity contribution in [3.05, 3.63) is 59.3 Å². The van der Waals surface area contributed by atoms with Gasteiger partial charge >= 0.3 is 0 Å². The Balaban J connectivity index is 1.53. The second-order valence-corrected chi connectivity index (χ2v) is 6.12. The molecule has 2 aromatic rings. The molecule has 0 radical (unpaired) electrons. The summed E-state index contributed by atoms with van der Waals surface area (Å²) in [5.41, 5.74) is 1.06. The number of hydrogen-bond acceptors (Lipinski definition) is 4. The molecule has 24 heavy (non-hydrogen) atoms. The maximum atomic E-state index is 13.6. The van der Waals surface area contributed by atoms with Crippen LogP contribution in [0.25, 0.3) is 0 Å². The molecule has 0 bridgehead atoms. The van der Waals surface area contributed by atoms with Crippen LogP contribution in [0.15, 0.2) is 36.5 Å². The van der Waals surface area contributed by atoms with Crippen LogP contribution in [0.4, 0.5) is 14.6 Å². The summed E-state index contributed by atoms with van der Waals surface area (Å²) in [5, 5.41) is 3.06. The van der Waals surface area contributed by atoms with E-state index in [0.717, 1.165) is 37.6 Å². The first-order valence-electron chi connectivity index (χ1n) is 8.15. The number of aromatic nitrogens is 1. The van der Waals surface area contributed by atoms with E-state index < -0.39 is 11.6 Å². The number of benzene rings is 1. The zero-order valence-corrected chi connectivity index (χ0v) is 13.8. The molecule has 128 valence electrons. The first kappa shape index (κ1) is 16.8. The van der Waals surface area contributed by atoms with Crippen molar-refractivity contribution in [1.29, 1.82) is 0 Å². The Morgan fingerprint density at radius 2 is 1.71 bits per heavy atom. The molecule has 3 rings (SSSR count). The van der Waals surface area contributed by atoms with E-state index in [2.05, 4.69) is 27.1 Å². The van der Waals surface area contributed by atoms with Crippen LogP contribution < -0.4 is 10.2 Å². The summed E-state index contributed by atoms with van der Waals surface area (Å²) in [5.74, 6) is -0.0657. The molecule has 1 aliphatic heterocycles. The molecule has 0 unspecified atom stereocenters. The highest BCUT2D eigenvalue weighted by Gasteiger charge is 2.15. The summed E-state index contributed by atoms with van der Waals surface area (Å²) < 4.78 is 27.1. The molecule has 4 nitrogen and oxygen atoms in total. The van der Waals surface area contributed by atoms with Crippen LogP contribution in [0.1, 0.15) is 11.1 Å². The van der Waals surface area contributed by atoms with Gasteiger partial charge in [0.25, 0.3) is 0 Å². The van der Waals surface area contributed by atoms with Gasteiger partial charge in [-0.3, -0.25) is 0 Å². The fourth-order valence-corrected chi connectivity index (χ4v) is 2.78. The van der Waals surface area contributed by atoms with E-state index in [1.807, 2.05) is 18.3 Å². The lowest BCUT2D eigenvalue weighted by atomic mass is 10.2. The van der Waals surface area contributed by atoms with E-state index in [0.29, 0.717) is 6.54 Å². The molecule has 0 aliphatic carbocycles. The highest BCUT2D eigenvalue weighted by atomic mass is 19.1. The molecule has 1 N–H and O–H groups in total. The Labute approximate surface area is 141 Å². The average molecular weight is 332 g/mol. The third-order valence-electron chi connectivity index (χ3n) is 4.33. The van der Waals surface area contributed by atoms with Crippen LogP contribution in [-0.4, -0.2) is 43.1 Å². The minimum absolute atomic E-state index is 0.0690. The highest BCUT2D eigenvalue weighted by Crippen LogP contribution is 2.14. The van der Waals surface area contributed by atoms with Crippen LogP contribution in [0.2, 0.25) is 0 Å². The molecule has 1 fully saturated rings. The molecule has 0 spiro atoms. The van der Waals surface area contributed by atoms with Crippen molar-refractivity contribution in [2.75, 3.05) is 38.1 Å². The average Bonchev–Trinajstić information content (AvgIpc) is 2.59. The van der Waals surface area contributed by atoms with Crippen molar-refractivity contribution in [2.45, 2.75) is 13.1 Å². The number of halogens is 2. The summed E-state index contributed by atoms with van der Waals surface area (Å²) >= 11 is 0. The lowest BCUT2D eigenvalue weighted by molar-refractivity contribution is 0.312. The minimum Gasteiger partial charge on any atom is -0.354 e. The number of pyridine rings is 1. The number of rotatable bonds is 5. The Hall–Kier alpha value is -2.05. The van der Waals surface area contributed by atoms with Gasteiger partial charge in [0.15, 0.2) is 0 Å². The lowest BCUT2D eigenvalue weighted by Gasteiger charge is -2.33. The van der Waals surface area contributed by atoms with Gasteiger partial charge in [-0.15, -0.1) is 0 Å². The maximum absolute atomic E-state index is 13.6. The van der Waals surface area contributed by atoms with Crippen LogP contribution >= 0.6 is 0 Å². The Bertz CT molecular complexity index is 647. The molecular weight excluding hydrogens is 310 g/mol. The van der Waals surface area contributed by atoms with Gasteiger partial charge in [0.2, 0.25) is 0 Å². The van der Waals surface area contributed by atoms with Gasteiger partial charge in [-0.1, -0.05) is 12.1 Å². The third kappa shape index (κ3) is 4.07. The number of nitrogens with one attached hydrogen (secondary N) is 1. The predicted octanol–water partition coefficient (Wildman–Crippen LogP) is 2.40. The first-order valence-corrected chi connectivity index (χ1v) is 8.15. The van der Waals surface area contributed by atoms with Gasteiger partial charge in [0.1, 0.15) is 17.5 Å². The fraction of sp³-hybridized carbons (Fsp3) is 0.389. The van der Waals surface area contributed by atoms with E-state index >= 15 is 0 Å². The molecule has 1 saturated heterocycles. The molecule has 0 amide bonds. The minimum atomic E-state index is -0.522. The molecule has 6 heteroatoms. The van der Waals surface area contributed by atoms with Gasteiger partial charge in [0, 0.05) is 51.0 Å². The van der Waals surface area contributed by atoms with Gasteiger partial charge in [0.05, 0.1) is 0 Å². The topological polar surface area (TPSA) is 31.4 Å². The SMILES string of the molecule is CN1CCN(c2ccc(CNCc3c(F)cccc3F)cn2)CC1. The predicted molar refractivity (Wildman–Crippen MR) is 90.8 cm³/mol. The highest BCUT2D eigenvalue weighted by molar-refractivity contribution is 5.39. The Morgan fingerprint density at radius 1 is 1.00 bits per heavy atom. The van der Waals surface area contributed by atoms with E-state index in [1.54, 1.807) is 0 Å². The molecule has 0 saturated carbocycles. The van der Waals surface area contributed by atoms with Crippen molar-refractivity contribution in [3.63, 3.8) is 0 Å². The second-order valence-electron chi connectivity index (χ2n) is 6.12. The third-order valence-corrected chi connectivity index (χ3v) is 4.33. The van der Waals surface area contributed by atoms with E-state index in [1.165, 1.54) is 18.2 Å². The van der Waals surface area contributed by atoms with Crippen molar-refractivity contribution < 1.29 is 8.78 Å². The molecule has 2 heterocycles. The zero-order valence-electron chi connectivity index (χ0n) is 13.8. The van der Waals surface area contributed by atoms with Crippen molar-refractivity contribution in [2.24, 2.45) is 0 Å². The summed E-state index contributed by atoms with van der Waals surface area (Å²) in [6, 6.07) is 7.92. The Kier molecular flexibility index (Phi) is 5.37. The van der Waals surface area contributed by atoms with Gasteiger partial charge in [-0.05, 0) is 30.8 Å². The molecule has 1 aromatic heterocycles. The van der Waals surface area contributed by atoms with Gasteiger partial charge in [-0.2, -0.15) is 0 Å². The van der Waals surface area contributed by atoms with Crippen molar-refractivity contribution in [1.82, 2.24) is 15.2 Å². The molecule has 1 aliphatic rings. The zero-order chi connectivity index (χ0) is 16.9. The maximum Gasteiger partial charge on any atom is 0.130 e. The summed E-state index contributed by atoms with van der Waals surface area (Å²) in [4.78, 5) is 9.08. The van der Waals surface area contributed by atoms with Crippen molar-refractivity contribution >= 4 is 5.82 Å². The molecule has 0 atom stereocenters. The lowest BCUT2D eigenvalue weighted by Crippen LogP contribution is -2.44. The largest absolute Gasteiger partial charge is 0.354 e. The number of nitrogens with zero attached hydrogens (tertiary/aromatic N) is 3.